The number of anilines is 2. The molecule has 1 aromatic heterocycles. The SMILES string of the molecule is CC(=O)N(c1nc(COc2ccc(C#N)cc2Cl)cs1)c1ccc(C)cc1C. The lowest BCUT2D eigenvalue weighted by molar-refractivity contribution is -0.115. The van der Waals surface area contributed by atoms with Gasteiger partial charge in [0, 0.05) is 12.3 Å². The number of thiazole rings is 1. The van der Waals surface area contributed by atoms with Crippen molar-refractivity contribution in [2.45, 2.75) is 27.4 Å². The lowest BCUT2D eigenvalue weighted by Gasteiger charge is -2.20. The summed E-state index contributed by atoms with van der Waals surface area (Å²) in [4.78, 5) is 18.5. The number of carbonyl (C=O) groups excluding carboxylic acids is 1. The second kappa shape index (κ2) is 8.42. The van der Waals surface area contributed by atoms with E-state index in [0.29, 0.717) is 27.2 Å². The summed E-state index contributed by atoms with van der Waals surface area (Å²) in [5, 5.41) is 11.7. The van der Waals surface area contributed by atoms with Gasteiger partial charge in [-0.2, -0.15) is 5.26 Å². The van der Waals surface area contributed by atoms with Gasteiger partial charge in [0.25, 0.3) is 0 Å². The van der Waals surface area contributed by atoms with Crippen LogP contribution in [0.4, 0.5) is 10.8 Å². The van der Waals surface area contributed by atoms with Crippen molar-refractivity contribution in [1.82, 2.24) is 4.98 Å². The first-order valence-electron chi connectivity index (χ1n) is 8.54. The Kier molecular flexibility index (Phi) is 5.98. The van der Waals surface area contributed by atoms with Gasteiger partial charge in [0.2, 0.25) is 5.91 Å². The second-order valence-corrected chi connectivity index (χ2v) is 7.56. The molecule has 0 fully saturated rings. The highest BCUT2D eigenvalue weighted by Crippen LogP contribution is 2.32. The van der Waals surface area contributed by atoms with E-state index >= 15 is 0 Å². The minimum Gasteiger partial charge on any atom is -0.486 e. The number of hydrogen-bond donors (Lipinski definition) is 0. The van der Waals surface area contributed by atoms with Gasteiger partial charge in [0.15, 0.2) is 5.13 Å². The number of rotatable bonds is 5. The molecule has 0 spiro atoms. The van der Waals surface area contributed by atoms with E-state index in [4.69, 9.17) is 21.6 Å². The standard InChI is InChI=1S/C21H18ClN3O2S/c1-13-4-6-19(14(2)8-13)25(15(3)26)21-24-17(12-28-21)11-27-20-7-5-16(10-23)9-18(20)22/h4-9,12H,11H2,1-3H3. The monoisotopic (exact) mass is 411 g/mol. The Balaban J connectivity index is 1.80. The molecule has 0 aliphatic carbocycles. The highest BCUT2D eigenvalue weighted by molar-refractivity contribution is 7.14. The summed E-state index contributed by atoms with van der Waals surface area (Å²) in [5.74, 6) is 0.372. The van der Waals surface area contributed by atoms with Gasteiger partial charge in [-0.05, 0) is 43.7 Å². The predicted molar refractivity (Wildman–Crippen MR) is 111 cm³/mol. The number of aromatic nitrogens is 1. The molecular formula is C21H18ClN3O2S. The molecule has 142 valence electrons. The van der Waals surface area contributed by atoms with Gasteiger partial charge >= 0.3 is 0 Å². The van der Waals surface area contributed by atoms with Crippen LogP contribution in [0.2, 0.25) is 5.02 Å². The van der Waals surface area contributed by atoms with Gasteiger partial charge in [0.05, 0.1) is 28.0 Å². The first-order valence-corrected chi connectivity index (χ1v) is 9.79. The van der Waals surface area contributed by atoms with Crippen LogP contribution in [0.15, 0.2) is 41.8 Å². The van der Waals surface area contributed by atoms with Gasteiger partial charge in [-0.1, -0.05) is 29.3 Å². The number of aryl methyl sites for hydroxylation is 2. The maximum atomic E-state index is 12.3. The number of benzene rings is 2. The molecule has 5 nitrogen and oxygen atoms in total. The van der Waals surface area contributed by atoms with E-state index in [1.165, 1.54) is 18.3 Å². The van der Waals surface area contributed by atoms with E-state index in [1.54, 1.807) is 23.1 Å². The number of nitriles is 1. The van der Waals surface area contributed by atoms with Gasteiger partial charge in [-0.3, -0.25) is 9.69 Å². The molecule has 3 aromatic rings. The zero-order valence-electron chi connectivity index (χ0n) is 15.7. The quantitative estimate of drug-likeness (QED) is 0.552. The lowest BCUT2D eigenvalue weighted by Crippen LogP contribution is -2.23. The molecule has 1 heterocycles. The minimum atomic E-state index is -0.107. The number of amides is 1. The van der Waals surface area contributed by atoms with Crippen molar-refractivity contribution in [1.29, 1.82) is 5.26 Å². The molecular weight excluding hydrogens is 394 g/mol. The lowest BCUT2D eigenvalue weighted by atomic mass is 10.1. The zero-order chi connectivity index (χ0) is 20.3. The van der Waals surface area contributed by atoms with Crippen LogP contribution in [-0.2, 0) is 11.4 Å². The van der Waals surface area contributed by atoms with Crippen LogP contribution in [0.25, 0.3) is 0 Å². The Labute approximate surface area is 172 Å². The summed E-state index contributed by atoms with van der Waals surface area (Å²) in [7, 11) is 0. The molecule has 0 unspecified atom stereocenters. The van der Waals surface area contributed by atoms with Crippen LogP contribution in [0.1, 0.15) is 29.3 Å². The highest BCUT2D eigenvalue weighted by Gasteiger charge is 2.20. The van der Waals surface area contributed by atoms with Crippen LogP contribution in [0.5, 0.6) is 5.75 Å². The largest absolute Gasteiger partial charge is 0.486 e. The fraction of sp³-hybridized carbons (Fsp3) is 0.190. The number of ether oxygens (including phenoxy) is 1. The van der Waals surface area contributed by atoms with Crippen molar-refractivity contribution in [2.24, 2.45) is 0 Å². The van der Waals surface area contributed by atoms with Crippen LogP contribution < -0.4 is 9.64 Å². The molecule has 7 heteroatoms. The summed E-state index contributed by atoms with van der Waals surface area (Å²) in [6.07, 6.45) is 0. The zero-order valence-corrected chi connectivity index (χ0v) is 17.3. The molecule has 0 aliphatic rings. The average molecular weight is 412 g/mol. The van der Waals surface area contributed by atoms with Crippen molar-refractivity contribution in [3.63, 3.8) is 0 Å². The predicted octanol–water partition coefficient (Wildman–Crippen LogP) is 5.55. The molecule has 28 heavy (non-hydrogen) atoms. The van der Waals surface area contributed by atoms with Gasteiger partial charge in [-0.15, -0.1) is 11.3 Å². The topological polar surface area (TPSA) is 66.2 Å². The fourth-order valence-corrected chi connectivity index (χ4v) is 3.87. The second-order valence-electron chi connectivity index (χ2n) is 6.31. The number of halogens is 1. The number of hydrogen-bond acceptors (Lipinski definition) is 5. The summed E-state index contributed by atoms with van der Waals surface area (Å²) in [5.41, 5.74) is 4.12. The van der Waals surface area contributed by atoms with Crippen molar-refractivity contribution in [2.75, 3.05) is 4.90 Å². The molecule has 0 saturated carbocycles. The molecule has 2 aromatic carbocycles. The van der Waals surface area contributed by atoms with E-state index < -0.39 is 0 Å². The maximum absolute atomic E-state index is 12.3. The molecule has 1 amide bonds. The Morgan fingerprint density at radius 1 is 1.29 bits per heavy atom. The minimum absolute atomic E-state index is 0.107. The summed E-state index contributed by atoms with van der Waals surface area (Å²) in [6.45, 7) is 5.72. The Bertz CT molecular complexity index is 1070. The average Bonchev–Trinajstić information content (AvgIpc) is 3.11. The van der Waals surface area contributed by atoms with E-state index in [0.717, 1.165) is 16.8 Å². The highest BCUT2D eigenvalue weighted by atomic mass is 35.5. The normalized spacial score (nSPS) is 10.4. The number of carbonyl (C=O) groups is 1. The first-order chi connectivity index (χ1) is 13.4. The van der Waals surface area contributed by atoms with Gasteiger partial charge < -0.3 is 4.74 Å². The maximum Gasteiger partial charge on any atom is 0.230 e. The third kappa shape index (κ3) is 4.33. The molecule has 0 aliphatic heterocycles. The Morgan fingerprint density at radius 2 is 2.07 bits per heavy atom. The molecule has 3 rings (SSSR count). The van der Waals surface area contributed by atoms with Crippen LogP contribution >= 0.6 is 22.9 Å². The third-order valence-electron chi connectivity index (χ3n) is 4.08. The van der Waals surface area contributed by atoms with Crippen LogP contribution in [0, 0.1) is 25.2 Å². The van der Waals surface area contributed by atoms with Crippen LogP contribution in [0.3, 0.4) is 0 Å². The summed E-state index contributed by atoms with van der Waals surface area (Å²) >= 11 is 7.51. The first kappa shape index (κ1) is 19.9. The van der Waals surface area contributed by atoms with Crippen molar-refractivity contribution in [3.8, 4) is 11.8 Å². The fourth-order valence-electron chi connectivity index (χ4n) is 2.77. The van der Waals surface area contributed by atoms with Gasteiger partial charge in [0.1, 0.15) is 12.4 Å². The molecule has 0 saturated heterocycles. The summed E-state index contributed by atoms with van der Waals surface area (Å²) < 4.78 is 5.72. The van der Waals surface area contributed by atoms with E-state index in [1.807, 2.05) is 43.5 Å². The third-order valence-corrected chi connectivity index (χ3v) is 5.25. The van der Waals surface area contributed by atoms with E-state index in [-0.39, 0.29) is 12.5 Å². The smallest absolute Gasteiger partial charge is 0.230 e. The van der Waals surface area contributed by atoms with E-state index in [2.05, 4.69) is 4.98 Å². The molecule has 0 N–H and O–H groups in total. The molecule has 0 radical (unpaired) electrons. The van der Waals surface area contributed by atoms with Crippen molar-refractivity contribution < 1.29 is 9.53 Å². The number of nitrogens with zero attached hydrogens (tertiary/aromatic N) is 3. The van der Waals surface area contributed by atoms with Crippen molar-refractivity contribution in [3.05, 3.63) is 69.2 Å². The van der Waals surface area contributed by atoms with Crippen LogP contribution in [-0.4, -0.2) is 10.9 Å². The molecule has 0 bridgehead atoms. The van der Waals surface area contributed by atoms with Crippen molar-refractivity contribution >= 4 is 39.7 Å². The van der Waals surface area contributed by atoms with Gasteiger partial charge in [-0.25, -0.2) is 4.98 Å². The summed E-state index contributed by atoms with van der Waals surface area (Å²) in [6, 6.07) is 12.8. The molecule has 0 atom stereocenters. The Hall–Kier alpha value is -2.88. The van der Waals surface area contributed by atoms with E-state index in [9.17, 15) is 4.79 Å². The Morgan fingerprint density at radius 3 is 2.71 bits per heavy atom.